The van der Waals surface area contributed by atoms with Crippen molar-refractivity contribution < 1.29 is 17.6 Å². The monoisotopic (exact) mass is 336 g/mol. The third-order valence-corrected chi connectivity index (χ3v) is 4.04. The quantitative estimate of drug-likeness (QED) is 0.808. The second-order valence-corrected chi connectivity index (χ2v) is 7.16. The highest BCUT2D eigenvalue weighted by atomic mass is 32.2. The van der Waals surface area contributed by atoms with E-state index in [1.807, 2.05) is 25.1 Å². The van der Waals surface area contributed by atoms with Crippen molar-refractivity contribution >= 4 is 15.9 Å². The first kappa shape index (κ1) is 17.2. The van der Waals surface area contributed by atoms with E-state index in [1.54, 1.807) is 24.5 Å². The molecule has 6 nitrogen and oxygen atoms in total. The number of rotatable bonds is 7. The Morgan fingerprint density at radius 3 is 2.48 bits per heavy atom. The topological polar surface area (TPSA) is 88.4 Å². The predicted molar refractivity (Wildman–Crippen MR) is 87.6 cm³/mol. The van der Waals surface area contributed by atoms with Crippen molar-refractivity contribution in [2.24, 2.45) is 0 Å². The summed E-state index contributed by atoms with van der Waals surface area (Å²) >= 11 is 0. The van der Waals surface area contributed by atoms with E-state index in [2.05, 4.69) is 10.0 Å². The maximum atomic E-state index is 12.2. The summed E-state index contributed by atoms with van der Waals surface area (Å²) in [5.74, 6) is 0.511. The average Bonchev–Trinajstić information content (AvgIpc) is 3.01. The molecule has 2 aromatic rings. The standard InChI is InChI=1S/C16H20N2O4S/c1-12(15-4-3-11-22-15)18-16(19)14-7-5-13(6-8-14)9-10-17-23(2,20)21/h3-8,11-12,17H,9-10H2,1-2H3,(H,18,19)/t12-/m1/s1. The SMILES string of the molecule is C[C@@H](NC(=O)c1ccc(CCNS(C)(=O)=O)cc1)c1ccco1. The third-order valence-electron chi connectivity index (χ3n) is 3.31. The molecular weight excluding hydrogens is 316 g/mol. The molecule has 2 N–H and O–H groups in total. The number of nitrogens with one attached hydrogen (secondary N) is 2. The van der Waals surface area contributed by atoms with Gasteiger partial charge in [-0.2, -0.15) is 0 Å². The van der Waals surface area contributed by atoms with E-state index in [0.717, 1.165) is 11.8 Å². The van der Waals surface area contributed by atoms with Crippen molar-refractivity contribution in [3.05, 3.63) is 59.5 Å². The molecule has 1 atom stereocenters. The highest BCUT2D eigenvalue weighted by molar-refractivity contribution is 7.88. The van der Waals surface area contributed by atoms with Crippen molar-refractivity contribution in [1.29, 1.82) is 0 Å². The van der Waals surface area contributed by atoms with Crippen LogP contribution in [-0.4, -0.2) is 27.1 Å². The molecular formula is C16H20N2O4S. The summed E-state index contributed by atoms with van der Waals surface area (Å²) in [5.41, 5.74) is 1.50. The number of carbonyl (C=O) groups excluding carboxylic acids is 1. The van der Waals surface area contributed by atoms with E-state index in [9.17, 15) is 13.2 Å². The number of carbonyl (C=O) groups is 1. The zero-order valence-corrected chi connectivity index (χ0v) is 13.9. The Morgan fingerprint density at radius 1 is 1.22 bits per heavy atom. The Morgan fingerprint density at radius 2 is 1.91 bits per heavy atom. The fourth-order valence-corrected chi connectivity index (χ4v) is 2.57. The summed E-state index contributed by atoms with van der Waals surface area (Å²) in [6.07, 6.45) is 3.26. The first-order chi connectivity index (χ1) is 10.8. The van der Waals surface area contributed by atoms with Gasteiger partial charge in [0.15, 0.2) is 0 Å². The lowest BCUT2D eigenvalue weighted by Gasteiger charge is -2.11. The highest BCUT2D eigenvalue weighted by Gasteiger charge is 2.13. The first-order valence-electron chi connectivity index (χ1n) is 7.23. The summed E-state index contributed by atoms with van der Waals surface area (Å²) in [6, 6.07) is 10.4. The fraction of sp³-hybridized carbons (Fsp3) is 0.312. The first-order valence-corrected chi connectivity index (χ1v) is 9.12. The number of amides is 1. The van der Waals surface area contributed by atoms with Crippen LogP contribution in [0.3, 0.4) is 0 Å². The van der Waals surface area contributed by atoms with Crippen molar-refractivity contribution in [2.75, 3.05) is 12.8 Å². The van der Waals surface area contributed by atoms with Crippen LogP contribution in [0.2, 0.25) is 0 Å². The minimum absolute atomic E-state index is 0.185. The van der Waals surface area contributed by atoms with E-state index < -0.39 is 10.0 Å². The van der Waals surface area contributed by atoms with Crippen LogP contribution < -0.4 is 10.0 Å². The van der Waals surface area contributed by atoms with Gasteiger partial charge in [0.05, 0.1) is 18.6 Å². The lowest BCUT2D eigenvalue weighted by atomic mass is 10.1. The van der Waals surface area contributed by atoms with E-state index >= 15 is 0 Å². The van der Waals surface area contributed by atoms with Crippen LogP contribution in [0.1, 0.15) is 34.6 Å². The highest BCUT2D eigenvalue weighted by Crippen LogP contribution is 2.13. The third kappa shape index (κ3) is 5.54. The van der Waals surface area contributed by atoms with Crippen molar-refractivity contribution in [1.82, 2.24) is 10.0 Å². The molecule has 0 aliphatic rings. The summed E-state index contributed by atoms with van der Waals surface area (Å²) in [4.78, 5) is 12.2. The lowest BCUT2D eigenvalue weighted by molar-refractivity contribution is 0.0935. The zero-order valence-electron chi connectivity index (χ0n) is 13.1. The van der Waals surface area contributed by atoms with E-state index in [4.69, 9.17) is 4.42 Å². The molecule has 2 rings (SSSR count). The molecule has 23 heavy (non-hydrogen) atoms. The van der Waals surface area contributed by atoms with Crippen molar-refractivity contribution in [2.45, 2.75) is 19.4 Å². The lowest BCUT2D eigenvalue weighted by Crippen LogP contribution is -2.26. The molecule has 0 bridgehead atoms. The fourth-order valence-electron chi connectivity index (χ4n) is 2.09. The molecule has 1 heterocycles. The number of sulfonamides is 1. The van der Waals surface area contributed by atoms with Crippen molar-refractivity contribution in [3.8, 4) is 0 Å². The van der Waals surface area contributed by atoms with Gasteiger partial charge in [0.25, 0.3) is 5.91 Å². The second kappa shape index (κ2) is 7.43. The van der Waals surface area contributed by atoms with Gasteiger partial charge in [0, 0.05) is 12.1 Å². The Hall–Kier alpha value is -2.12. The van der Waals surface area contributed by atoms with Gasteiger partial charge >= 0.3 is 0 Å². The van der Waals surface area contributed by atoms with Gasteiger partial charge in [-0.1, -0.05) is 12.1 Å². The zero-order chi connectivity index (χ0) is 16.9. The predicted octanol–water partition coefficient (Wildman–Crippen LogP) is 1.86. The van der Waals surface area contributed by atoms with Crippen LogP contribution in [-0.2, 0) is 16.4 Å². The van der Waals surface area contributed by atoms with Gasteiger partial charge in [0.2, 0.25) is 10.0 Å². The molecule has 1 amide bonds. The van der Waals surface area contributed by atoms with Gasteiger partial charge in [-0.3, -0.25) is 4.79 Å². The number of hydrogen-bond donors (Lipinski definition) is 2. The molecule has 0 saturated heterocycles. The van der Waals surface area contributed by atoms with E-state index in [0.29, 0.717) is 24.3 Å². The molecule has 1 aromatic heterocycles. The molecule has 0 saturated carbocycles. The van der Waals surface area contributed by atoms with E-state index in [1.165, 1.54) is 0 Å². The van der Waals surface area contributed by atoms with E-state index in [-0.39, 0.29) is 11.9 Å². The molecule has 0 aliphatic heterocycles. The molecule has 0 unspecified atom stereocenters. The Labute approximate surface area is 135 Å². The molecule has 124 valence electrons. The van der Waals surface area contributed by atoms with Gasteiger partial charge in [-0.15, -0.1) is 0 Å². The molecule has 0 spiro atoms. The van der Waals surface area contributed by atoms with Crippen LogP contribution in [0.5, 0.6) is 0 Å². The summed E-state index contributed by atoms with van der Waals surface area (Å²) in [7, 11) is -3.17. The maximum absolute atomic E-state index is 12.2. The van der Waals surface area contributed by atoms with Crippen LogP contribution in [0.15, 0.2) is 47.1 Å². The van der Waals surface area contributed by atoms with Gasteiger partial charge < -0.3 is 9.73 Å². The summed E-state index contributed by atoms with van der Waals surface area (Å²) in [5, 5.41) is 2.86. The van der Waals surface area contributed by atoms with Crippen LogP contribution in [0, 0.1) is 0 Å². The van der Waals surface area contributed by atoms with Crippen molar-refractivity contribution in [3.63, 3.8) is 0 Å². The number of hydrogen-bond acceptors (Lipinski definition) is 4. The largest absolute Gasteiger partial charge is 0.467 e. The Balaban J connectivity index is 1.90. The van der Waals surface area contributed by atoms with Crippen LogP contribution >= 0.6 is 0 Å². The molecule has 0 radical (unpaired) electrons. The Kier molecular flexibility index (Phi) is 5.57. The van der Waals surface area contributed by atoms with Gasteiger partial charge in [-0.25, -0.2) is 13.1 Å². The minimum Gasteiger partial charge on any atom is -0.467 e. The van der Waals surface area contributed by atoms with Crippen LogP contribution in [0.25, 0.3) is 0 Å². The molecule has 1 aromatic carbocycles. The summed E-state index contributed by atoms with van der Waals surface area (Å²) < 4.78 is 29.7. The van der Waals surface area contributed by atoms with Crippen LogP contribution in [0.4, 0.5) is 0 Å². The normalized spacial score (nSPS) is 12.8. The minimum atomic E-state index is -3.17. The smallest absolute Gasteiger partial charge is 0.251 e. The molecule has 7 heteroatoms. The van der Waals surface area contributed by atoms with Gasteiger partial charge in [0.1, 0.15) is 5.76 Å². The molecule has 0 aliphatic carbocycles. The van der Waals surface area contributed by atoms with Gasteiger partial charge in [-0.05, 0) is 43.2 Å². The Bertz CT molecular complexity index is 737. The second-order valence-electron chi connectivity index (χ2n) is 5.32. The average molecular weight is 336 g/mol. The number of benzene rings is 1. The maximum Gasteiger partial charge on any atom is 0.251 e. The summed E-state index contributed by atoms with van der Waals surface area (Å²) in [6.45, 7) is 2.18. The molecule has 0 fully saturated rings. The number of furan rings is 1.